The van der Waals surface area contributed by atoms with Gasteiger partial charge in [-0.3, -0.25) is 4.79 Å². The molecule has 0 N–H and O–H groups in total. The predicted octanol–water partition coefficient (Wildman–Crippen LogP) is 3.90. The van der Waals surface area contributed by atoms with E-state index in [-0.39, 0.29) is 5.78 Å². The summed E-state index contributed by atoms with van der Waals surface area (Å²) in [7, 11) is 0. The summed E-state index contributed by atoms with van der Waals surface area (Å²) in [5.74, 6) is 0.926. The molecule has 0 aliphatic heterocycles. The van der Waals surface area contributed by atoms with E-state index in [1.54, 1.807) is 0 Å². The van der Waals surface area contributed by atoms with Crippen molar-refractivity contribution in [3.05, 3.63) is 65.7 Å². The van der Waals surface area contributed by atoms with Gasteiger partial charge in [-0.1, -0.05) is 49.4 Å². The lowest BCUT2D eigenvalue weighted by atomic mass is 10.1. The van der Waals surface area contributed by atoms with Gasteiger partial charge in [0.25, 0.3) is 0 Å². The summed E-state index contributed by atoms with van der Waals surface area (Å²) in [6.45, 7) is 2.52. The Morgan fingerprint density at radius 1 is 1.00 bits per heavy atom. The SMILES string of the molecule is CCc1ccc(C(=O)CCOc2ccccc2)cc1. The molecule has 2 nitrogen and oxygen atoms in total. The van der Waals surface area contributed by atoms with Crippen molar-refractivity contribution in [1.82, 2.24) is 0 Å². The van der Waals surface area contributed by atoms with E-state index in [4.69, 9.17) is 4.74 Å². The Morgan fingerprint density at radius 3 is 2.32 bits per heavy atom. The predicted molar refractivity (Wildman–Crippen MR) is 76.7 cm³/mol. The van der Waals surface area contributed by atoms with E-state index >= 15 is 0 Å². The Balaban J connectivity index is 1.84. The molecule has 0 amide bonds. The molecule has 0 saturated carbocycles. The number of benzene rings is 2. The molecule has 0 unspecified atom stereocenters. The first-order chi connectivity index (χ1) is 9.29. The van der Waals surface area contributed by atoms with E-state index in [9.17, 15) is 4.79 Å². The number of hydrogen-bond donors (Lipinski definition) is 0. The molecule has 0 fully saturated rings. The summed E-state index contributed by atoms with van der Waals surface area (Å²) in [6.07, 6.45) is 1.39. The van der Waals surface area contributed by atoms with Crippen molar-refractivity contribution < 1.29 is 9.53 Å². The molecule has 19 heavy (non-hydrogen) atoms. The van der Waals surface area contributed by atoms with Crippen LogP contribution in [0.25, 0.3) is 0 Å². The molecule has 0 atom stereocenters. The van der Waals surface area contributed by atoms with Gasteiger partial charge < -0.3 is 4.74 Å². The first-order valence-corrected chi connectivity index (χ1v) is 6.59. The number of para-hydroxylation sites is 1. The number of carbonyl (C=O) groups excluding carboxylic acids is 1. The second-order valence-electron chi connectivity index (χ2n) is 4.39. The third-order valence-corrected chi connectivity index (χ3v) is 3.03. The Morgan fingerprint density at radius 2 is 1.68 bits per heavy atom. The molecule has 98 valence electrons. The van der Waals surface area contributed by atoms with E-state index in [0.717, 1.165) is 17.7 Å². The number of carbonyl (C=O) groups is 1. The Bertz CT molecular complexity index is 515. The summed E-state index contributed by atoms with van der Waals surface area (Å²) in [4.78, 5) is 12.0. The molecule has 0 aliphatic carbocycles. The Labute approximate surface area is 114 Å². The number of ketones is 1. The molecule has 0 saturated heterocycles. The third-order valence-electron chi connectivity index (χ3n) is 3.03. The van der Waals surface area contributed by atoms with E-state index in [1.807, 2.05) is 54.6 Å². The minimum atomic E-state index is 0.124. The van der Waals surface area contributed by atoms with Gasteiger partial charge in [0, 0.05) is 12.0 Å². The number of Topliss-reactive ketones (excluding diaryl/α,β-unsaturated/α-hetero) is 1. The zero-order chi connectivity index (χ0) is 13.5. The molecule has 2 aromatic carbocycles. The highest BCUT2D eigenvalue weighted by molar-refractivity contribution is 5.96. The van der Waals surface area contributed by atoms with Crippen molar-refractivity contribution in [3.63, 3.8) is 0 Å². The topological polar surface area (TPSA) is 26.3 Å². The Kier molecular flexibility index (Phi) is 4.73. The van der Waals surface area contributed by atoms with Crippen LogP contribution >= 0.6 is 0 Å². The fraction of sp³-hybridized carbons (Fsp3) is 0.235. The minimum absolute atomic E-state index is 0.124. The zero-order valence-electron chi connectivity index (χ0n) is 11.1. The van der Waals surface area contributed by atoms with Crippen molar-refractivity contribution >= 4 is 5.78 Å². The van der Waals surface area contributed by atoms with Crippen LogP contribution in [-0.4, -0.2) is 12.4 Å². The van der Waals surface area contributed by atoms with Crippen molar-refractivity contribution in [2.75, 3.05) is 6.61 Å². The standard InChI is InChI=1S/C17H18O2/c1-2-14-8-10-15(11-9-14)17(18)12-13-19-16-6-4-3-5-7-16/h3-11H,2,12-13H2,1H3. The summed E-state index contributed by atoms with van der Waals surface area (Å²) >= 11 is 0. The lowest BCUT2D eigenvalue weighted by Crippen LogP contribution is -2.06. The van der Waals surface area contributed by atoms with Crippen LogP contribution in [0.2, 0.25) is 0 Å². The second kappa shape index (κ2) is 6.74. The first kappa shape index (κ1) is 13.3. The van der Waals surface area contributed by atoms with Gasteiger partial charge >= 0.3 is 0 Å². The van der Waals surface area contributed by atoms with E-state index in [0.29, 0.717) is 13.0 Å². The lowest BCUT2D eigenvalue weighted by molar-refractivity contribution is 0.0962. The van der Waals surface area contributed by atoms with Gasteiger partial charge in [-0.2, -0.15) is 0 Å². The molecule has 2 rings (SSSR count). The molecule has 2 heteroatoms. The number of ether oxygens (including phenoxy) is 1. The van der Waals surface area contributed by atoms with Crippen molar-refractivity contribution in [1.29, 1.82) is 0 Å². The molecule has 0 spiro atoms. The quantitative estimate of drug-likeness (QED) is 0.731. The molecule has 2 aromatic rings. The molecule has 0 aliphatic rings. The fourth-order valence-electron chi connectivity index (χ4n) is 1.85. The van der Waals surface area contributed by atoms with Crippen LogP contribution in [0.4, 0.5) is 0 Å². The van der Waals surface area contributed by atoms with Gasteiger partial charge in [-0.15, -0.1) is 0 Å². The molecule has 0 heterocycles. The molecular formula is C17H18O2. The van der Waals surface area contributed by atoms with Gasteiger partial charge in [0.2, 0.25) is 0 Å². The molecule has 0 aromatic heterocycles. The van der Waals surface area contributed by atoms with Crippen molar-refractivity contribution in [2.45, 2.75) is 19.8 Å². The maximum absolute atomic E-state index is 12.0. The second-order valence-corrected chi connectivity index (χ2v) is 4.39. The van der Waals surface area contributed by atoms with Crippen LogP contribution in [0.1, 0.15) is 29.3 Å². The molecular weight excluding hydrogens is 236 g/mol. The minimum Gasteiger partial charge on any atom is -0.493 e. The average Bonchev–Trinajstić information content (AvgIpc) is 2.48. The van der Waals surface area contributed by atoms with Gasteiger partial charge in [-0.05, 0) is 24.1 Å². The van der Waals surface area contributed by atoms with Gasteiger partial charge in [0.15, 0.2) is 5.78 Å². The number of hydrogen-bond acceptors (Lipinski definition) is 2. The largest absolute Gasteiger partial charge is 0.493 e. The smallest absolute Gasteiger partial charge is 0.166 e. The van der Waals surface area contributed by atoms with Gasteiger partial charge in [0.05, 0.1) is 6.61 Å². The monoisotopic (exact) mass is 254 g/mol. The zero-order valence-corrected chi connectivity index (χ0v) is 11.1. The third kappa shape index (κ3) is 3.95. The van der Waals surface area contributed by atoms with Gasteiger partial charge in [-0.25, -0.2) is 0 Å². The highest BCUT2D eigenvalue weighted by Gasteiger charge is 2.05. The molecule has 0 radical (unpaired) electrons. The van der Waals surface area contributed by atoms with Crippen LogP contribution in [0, 0.1) is 0 Å². The van der Waals surface area contributed by atoms with E-state index < -0.39 is 0 Å². The van der Waals surface area contributed by atoms with Crippen LogP contribution in [0.3, 0.4) is 0 Å². The Hall–Kier alpha value is -2.09. The van der Waals surface area contributed by atoms with Crippen LogP contribution < -0.4 is 4.74 Å². The fourth-order valence-corrected chi connectivity index (χ4v) is 1.85. The number of rotatable bonds is 6. The van der Waals surface area contributed by atoms with Crippen molar-refractivity contribution in [2.24, 2.45) is 0 Å². The van der Waals surface area contributed by atoms with Crippen LogP contribution in [-0.2, 0) is 6.42 Å². The molecule has 0 bridgehead atoms. The maximum atomic E-state index is 12.0. The van der Waals surface area contributed by atoms with Gasteiger partial charge in [0.1, 0.15) is 5.75 Å². The highest BCUT2D eigenvalue weighted by Crippen LogP contribution is 2.11. The average molecular weight is 254 g/mol. The van der Waals surface area contributed by atoms with Crippen molar-refractivity contribution in [3.8, 4) is 5.75 Å². The number of aryl methyl sites for hydroxylation is 1. The van der Waals surface area contributed by atoms with Crippen LogP contribution in [0.5, 0.6) is 5.75 Å². The maximum Gasteiger partial charge on any atom is 0.166 e. The highest BCUT2D eigenvalue weighted by atomic mass is 16.5. The first-order valence-electron chi connectivity index (χ1n) is 6.59. The normalized spacial score (nSPS) is 10.2. The summed E-state index contributed by atoms with van der Waals surface area (Å²) in [5, 5.41) is 0. The van der Waals surface area contributed by atoms with E-state index in [1.165, 1.54) is 5.56 Å². The summed E-state index contributed by atoms with van der Waals surface area (Å²) in [6, 6.07) is 17.3. The van der Waals surface area contributed by atoms with Crippen LogP contribution in [0.15, 0.2) is 54.6 Å². The summed E-state index contributed by atoms with van der Waals surface area (Å²) in [5.41, 5.74) is 2.01. The van der Waals surface area contributed by atoms with E-state index in [2.05, 4.69) is 6.92 Å². The summed E-state index contributed by atoms with van der Waals surface area (Å²) < 4.78 is 5.52. The lowest BCUT2D eigenvalue weighted by Gasteiger charge is -2.05.